The number of pyridine rings is 1. The maximum absolute atomic E-state index is 13.0. The number of carbonyl (C=O) groups excluding carboxylic acids is 1. The van der Waals surface area contributed by atoms with Crippen molar-refractivity contribution in [1.29, 1.82) is 0 Å². The zero-order valence-electron chi connectivity index (χ0n) is 14.0. The maximum Gasteiger partial charge on any atom is 0.289 e. The summed E-state index contributed by atoms with van der Waals surface area (Å²) in [5.74, 6) is 0.731. The van der Waals surface area contributed by atoms with Crippen molar-refractivity contribution in [3.63, 3.8) is 0 Å². The van der Waals surface area contributed by atoms with Gasteiger partial charge in [-0.3, -0.25) is 9.59 Å². The minimum absolute atomic E-state index is 0.0474. The number of carbonyl (C=O) groups is 1. The van der Waals surface area contributed by atoms with Crippen LogP contribution >= 0.6 is 11.6 Å². The van der Waals surface area contributed by atoms with Crippen LogP contribution in [-0.2, 0) is 6.54 Å². The zero-order valence-corrected chi connectivity index (χ0v) is 14.8. The number of nitrogens with zero attached hydrogens (tertiary/aromatic N) is 2. The molecule has 4 heterocycles. The van der Waals surface area contributed by atoms with Gasteiger partial charge in [-0.25, -0.2) is 0 Å². The molecule has 2 aliphatic rings. The van der Waals surface area contributed by atoms with Crippen LogP contribution in [0.15, 0.2) is 51.7 Å². The van der Waals surface area contributed by atoms with Crippen molar-refractivity contribution in [2.45, 2.75) is 18.9 Å². The molecule has 2 aromatic heterocycles. The molecule has 1 fully saturated rings. The Balaban J connectivity index is 1.46. The van der Waals surface area contributed by atoms with Crippen LogP contribution in [0.4, 0.5) is 0 Å². The molecule has 0 spiro atoms. The molecule has 0 aliphatic carbocycles. The second kappa shape index (κ2) is 5.74. The van der Waals surface area contributed by atoms with E-state index in [1.165, 1.54) is 0 Å². The summed E-state index contributed by atoms with van der Waals surface area (Å²) in [6.07, 6.45) is 1.02. The van der Waals surface area contributed by atoms with E-state index < -0.39 is 0 Å². The first-order chi connectivity index (χ1) is 12.6. The Morgan fingerprint density at radius 3 is 2.88 bits per heavy atom. The Morgan fingerprint density at radius 2 is 2.00 bits per heavy atom. The van der Waals surface area contributed by atoms with Crippen molar-refractivity contribution in [3.8, 4) is 0 Å². The van der Waals surface area contributed by atoms with Crippen LogP contribution in [-0.4, -0.2) is 28.5 Å². The quantitative estimate of drug-likeness (QED) is 0.660. The van der Waals surface area contributed by atoms with Crippen LogP contribution in [0, 0.1) is 5.92 Å². The molecule has 1 saturated heterocycles. The van der Waals surface area contributed by atoms with Crippen LogP contribution in [0.25, 0.3) is 11.0 Å². The summed E-state index contributed by atoms with van der Waals surface area (Å²) in [5, 5.41) is 1.45. The second-order valence-corrected chi connectivity index (χ2v) is 7.64. The van der Waals surface area contributed by atoms with Crippen LogP contribution in [0.2, 0.25) is 5.02 Å². The number of amides is 1. The molecule has 0 saturated carbocycles. The van der Waals surface area contributed by atoms with E-state index in [1.807, 2.05) is 15.5 Å². The monoisotopic (exact) mass is 368 g/mol. The van der Waals surface area contributed by atoms with E-state index in [0.717, 1.165) is 17.5 Å². The number of rotatable bonds is 1. The van der Waals surface area contributed by atoms with Gasteiger partial charge in [-0.1, -0.05) is 17.7 Å². The van der Waals surface area contributed by atoms with Gasteiger partial charge >= 0.3 is 0 Å². The maximum atomic E-state index is 13.0. The molecule has 2 bridgehead atoms. The molecule has 5 rings (SSSR count). The molecule has 0 N–H and O–H groups in total. The summed E-state index contributed by atoms with van der Waals surface area (Å²) in [4.78, 5) is 27.0. The number of fused-ring (bicyclic) bond motifs is 5. The van der Waals surface area contributed by atoms with E-state index in [2.05, 4.69) is 0 Å². The van der Waals surface area contributed by atoms with Crippen LogP contribution in [0.5, 0.6) is 0 Å². The van der Waals surface area contributed by atoms with Gasteiger partial charge in [0.15, 0.2) is 5.76 Å². The number of piperidine rings is 1. The molecule has 1 amide bonds. The fourth-order valence-electron chi connectivity index (χ4n) is 4.34. The minimum Gasteiger partial charge on any atom is -0.451 e. The number of likely N-dealkylation sites (tertiary alicyclic amines) is 1. The van der Waals surface area contributed by atoms with Gasteiger partial charge in [0.25, 0.3) is 11.5 Å². The van der Waals surface area contributed by atoms with Crippen molar-refractivity contribution in [3.05, 3.63) is 69.3 Å². The largest absolute Gasteiger partial charge is 0.451 e. The van der Waals surface area contributed by atoms with Crippen molar-refractivity contribution in [2.75, 3.05) is 13.1 Å². The molecule has 2 atom stereocenters. The summed E-state index contributed by atoms with van der Waals surface area (Å²) in [5.41, 5.74) is 1.74. The van der Waals surface area contributed by atoms with Crippen molar-refractivity contribution >= 4 is 28.5 Å². The molecular formula is C20H17ClN2O3. The zero-order chi connectivity index (χ0) is 17.8. The molecule has 2 aliphatic heterocycles. The van der Waals surface area contributed by atoms with Gasteiger partial charge in [0.1, 0.15) is 5.58 Å². The van der Waals surface area contributed by atoms with Crippen LogP contribution < -0.4 is 5.56 Å². The van der Waals surface area contributed by atoms with E-state index >= 15 is 0 Å². The number of benzene rings is 1. The topological polar surface area (TPSA) is 55.5 Å². The summed E-state index contributed by atoms with van der Waals surface area (Å²) >= 11 is 6.02. The first-order valence-electron chi connectivity index (χ1n) is 8.76. The Kier molecular flexibility index (Phi) is 3.47. The van der Waals surface area contributed by atoms with Gasteiger partial charge in [-0.15, -0.1) is 0 Å². The lowest BCUT2D eigenvalue weighted by atomic mass is 9.83. The standard InChI is InChI=1S/C20H17ClN2O3/c21-15-4-5-17-13(7-15)8-18(26-17)20(25)22-9-12-6-14(11-22)16-2-1-3-19(24)23(16)10-12/h1-5,7-8,12,14H,6,9-11H2/t12-,14+/m1/s1. The molecule has 6 heteroatoms. The summed E-state index contributed by atoms with van der Waals surface area (Å²) in [6, 6.07) is 12.5. The molecule has 3 aromatic rings. The van der Waals surface area contributed by atoms with E-state index in [9.17, 15) is 9.59 Å². The van der Waals surface area contributed by atoms with E-state index in [4.69, 9.17) is 16.0 Å². The second-order valence-electron chi connectivity index (χ2n) is 7.20. The highest BCUT2D eigenvalue weighted by Crippen LogP contribution is 2.36. The SMILES string of the molecule is O=C(c1cc2cc(Cl)ccc2o1)N1C[C@H]2C[C@@H](C1)c1cccc(=O)n1C2. The molecule has 0 radical (unpaired) electrons. The highest BCUT2D eigenvalue weighted by atomic mass is 35.5. The third-order valence-electron chi connectivity index (χ3n) is 5.46. The van der Waals surface area contributed by atoms with Crippen LogP contribution in [0.1, 0.15) is 28.6 Å². The molecule has 132 valence electrons. The van der Waals surface area contributed by atoms with Crippen LogP contribution in [0.3, 0.4) is 0 Å². The highest BCUT2D eigenvalue weighted by molar-refractivity contribution is 6.31. The van der Waals surface area contributed by atoms with Gasteiger partial charge in [0.05, 0.1) is 0 Å². The smallest absolute Gasteiger partial charge is 0.289 e. The summed E-state index contributed by atoms with van der Waals surface area (Å²) < 4.78 is 7.61. The Bertz CT molecular complexity index is 1080. The lowest BCUT2D eigenvalue weighted by Crippen LogP contribution is -2.49. The van der Waals surface area contributed by atoms with Gasteiger partial charge in [-0.2, -0.15) is 0 Å². The predicted octanol–water partition coefficient (Wildman–Crippen LogP) is 3.51. The van der Waals surface area contributed by atoms with Gasteiger partial charge < -0.3 is 13.9 Å². The molecule has 0 unspecified atom stereocenters. The molecule has 5 nitrogen and oxygen atoms in total. The fourth-order valence-corrected chi connectivity index (χ4v) is 4.52. The summed E-state index contributed by atoms with van der Waals surface area (Å²) in [7, 11) is 0. The normalized spacial score (nSPS) is 21.7. The first-order valence-corrected chi connectivity index (χ1v) is 9.14. The van der Waals surface area contributed by atoms with Gasteiger partial charge in [-0.05, 0) is 42.7 Å². The highest BCUT2D eigenvalue weighted by Gasteiger charge is 2.37. The minimum atomic E-state index is -0.0984. The van der Waals surface area contributed by atoms with Crippen molar-refractivity contribution < 1.29 is 9.21 Å². The first kappa shape index (κ1) is 15.7. The fraction of sp³-hybridized carbons (Fsp3) is 0.300. The molecular weight excluding hydrogens is 352 g/mol. The Morgan fingerprint density at radius 1 is 1.12 bits per heavy atom. The average molecular weight is 369 g/mol. The van der Waals surface area contributed by atoms with E-state index in [-0.39, 0.29) is 17.4 Å². The lowest BCUT2D eigenvalue weighted by Gasteiger charge is -2.42. The molecule has 26 heavy (non-hydrogen) atoms. The van der Waals surface area contributed by atoms with E-state index in [0.29, 0.717) is 41.9 Å². The number of hydrogen-bond acceptors (Lipinski definition) is 3. The third-order valence-corrected chi connectivity index (χ3v) is 5.69. The number of furan rings is 1. The van der Waals surface area contributed by atoms with Crippen molar-refractivity contribution in [1.82, 2.24) is 9.47 Å². The lowest BCUT2D eigenvalue weighted by molar-refractivity contribution is 0.0566. The van der Waals surface area contributed by atoms with E-state index in [1.54, 1.807) is 36.4 Å². The van der Waals surface area contributed by atoms with Crippen molar-refractivity contribution in [2.24, 2.45) is 5.92 Å². The third kappa shape index (κ3) is 2.46. The van der Waals surface area contributed by atoms with Gasteiger partial charge in [0, 0.05) is 47.7 Å². The molecule has 1 aromatic carbocycles. The number of halogens is 1. The number of hydrogen-bond donors (Lipinski definition) is 0. The van der Waals surface area contributed by atoms with Gasteiger partial charge in [0.2, 0.25) is 0 Å². The number of aromatic nitrogens is 1. The Hall–Kier alpha value is -2.53. The summed E-state index contributed by atoms with van der Waals surface area (Å²) in [6.45, 7) is 1.93. The average Bonchev–Trinajstić information content (AvgIpc) is 3.05. The predicted molar refractivity (Wildman–Crippen MR) is 98.7 cm³/mol. The Labute approximate surface area is 154 Å².